The van der Waals surface area contributed by atoms with Crippen LogP contribution in [0.15, 0.2) is 6.20 Å². The quantitative estimate of drug-likeness (QED) is 0.798. The minimum absolute atomic E-state index is 0.118. The minimum atomic E-state index is 0.118. The van der Waals surface area contributed by atoms with Crippen LogP contribution in [-0.2, 0) is 24.1 Å². The number of hydrogen-bond acceptors (Lipinski definition) is 3. The standard InChI is InChI=1S/C11H19N3O/c1-3-14-10-6-11(15-4-2)9(12)5-8(10)7-13-14/h7,9,11H,3-6,12H2,1-2H3. The van der Waals surface area contributed by atoms with Crippen LogP contribution in [0, 0.1) is 0 Å². The third-order valence-electron chi connectivity index (χ3n) is 3.04. The van der Waals surface area contributed by atoms with Crippen LogP contribution in [0.4, 0.5) is 0 Å². The van der Waals surface area contributed by atoms with Gasteiger partial charge in [0.1, 0.15) is 0 Å². The number of nitrogens with two attached hydrogens (primary N) is 1. The lowest BCUT2D eigenvalue weighted by atomic mass is 9.91. The molecule has 1 aliphatic carbocycles. The fourth-order valence-corrected chi connectivity index (χ4v) is 2.25. The second-order valence-corrected chi connectivity index (χ2v) is 4.00. The van der Waals surface area contributed by atoms with E-state index in [0.717, 1.165) is 26.0 Å². The Morgan fingerprint density at radius 3 is 3.00 bits per heavy atom. The molecule has 0 spiro atoms. The van der Waals surface area contributed by atoms with Crippen molar-refractivity contribution in [2.75, 3.05) is 6.61 Å². The van der Waals surface area contributed by atoms with Crippen LogP contribution in [0.25, 0.3) is 0 Å². The Kier molecular flexibility index (Phi) is 3.07. The molecule has 0 amide bonds. The van der Waals surface area contributed by atoms with E-state index in [-0.39, 0.29) is 12.1 Å². The van der Waals surface area contributed by atoms with Crippen molar-refractivity contribution in [2.45, 2.75) is 45.4 Å². The zero-order chi connectivity index (χ0) is 10.8. The molecule has 84 valence electrons. The topological polar surface area (TPSA) is 53.1 Å². The summed E-state index contributed by atoms with van der Waals surface area (Å²) in [4.78, 5) is 0. The number of nitrogens with zero attached hydrogens (tertiary/aromatic N) is 2. The highest BCUT2D eigenvalue weighted by atomic mass is 16.5. The SMILES string of the molecule is CCOC1Cc2c(cnn2CC)CC1N. The summed E-state index contributed by atoms with van der Waals surface area (Å²) in [5.74, 6) is 0. The summed E-state index contributed by atoms with van der Waals surface area (Å²) >= 11 is 0. The van der Waals surface area contributed by atoms with Crippen LogP contribution in [0.1, 0.15) is 25.1 Å². The van der Waals surface area contributed by atoms with Gasteiger partial charge in [0.2, 0.25) is 0 Å². The van der Waals surface area contributed by atoms with Crippen molar-refractivity contribution < 1.29 is 4.74 Å². The van der Waals surface area contributed by atoms with Crippen molar-refractivity contribution in [1.82, 2.24) is 9.78 Å². The maximum atomic E-state index is 6.07. The van der Waals surface area contributed by atoms with Gasteiger partial charge in [0.25, 0.3) is 0 Å². The third kappa shape index (κ3) is 1.92. The Bertz CT molecular complexity index is 335. The predicted molar refractivity (Wildman–Crippen MR) is 58.7 cm³/mol. The highest BCUT2D eigenvalue weighted by Gasteiger charge is 2.28. The largest absolute Gasteiger partial charge is 0.376 e. The average molecular weight is 209 g/mol. The number of aryl methyl sites for hydroxylation is 1. The summed E-state index contributed by atoms with van der Waals surface area (Å²) in [6, 6.07) is 0.118. The summed E-state index contributed by atoms with van der Waals surface area (Å²) in [5.41, 5.74) is 8.66. The number of hydrogen-bond donors (Lipinski definition) is 1. The van der Waals surface area contributed by atoms with Gasteiger partial charge in [0, 0.05) is 31.3 Å². The number of aromatic nitrogens is 2. The third-order valence-corrected chi connectivity index (χ3v) is 3.04. The van der Waals surface area contributed by atoms with Crippen molar-refractivity contribution in [2.24, 2.45) is 5.73 Å². The molecule has 0 aliphatic heterocycles. The molecule has 2 unspecified atom stereocenters. The van der Waals surface area contributed by atoms with Gasteiger partial charge in [-0.05, 0) is 25.8 Å². The van der Waals surface area contributed by atoms with E-state index in [2.05, 4.69) is 12.0 Å². The molecule has 2 atom stereocenters. The fourth-order valence-electron chi connectivity index (χ4n) is 2.25. The van der Waals surface area contributed by atoms with Crippen molar-refractivity contribution in [3.05, 3.63) is 17.5 Å². The zero-order valence-corrected chi connectivity index (χ0v) is 9.44. The summed E-state index contributed by atoms with van der Waals surface area (Å²) in [6.45, 7) is 5.77. The predicted octanol–water partition coefficient (Wildman–Crippen LogP) is 0.734. The van der Waals surface area contributed by atoms with E-state index < -0.39 is 0 Å². The van der Waals surface area contributed by atoms with Gasteiger partial charge < -0.3 is 10.5 Å². The van der Waals surface area contributed by atoms with Gasteiger partial charge in [0.15, 0.2) is 0 Å². The molecule has 0 radical (unpaired) electrons. The van der Waals surface area contributed by atoms with Crippen LogP contribution >= 0.6 is 0 Å². The molecule has 1 aromatic rings. The molecular formula is C11H19N3O. The van der Waals surface area contributed by atoms with Gasteiger partial charge in [-0.2, -0.15) is 5.10 Å². The van der Waals surface area contributed by atoms with E-state index in [9.17, 15) is 0 Å². The molecule has 0 aromatic carbocycles. The maximum absolute atomic E-state index is 6.07. The first-order valence-electron chi connectivity index (χ1n) is 5.67. The smallest absolute Gasteiger partial charge is 0.0784 e. The number of fused-ring (bicyclic) bond motifs is 1. The lowest BCUT2D eigenvalue weighted by Crippen LogP contribution is -2.43. The van der Waals surface area contributed by atoms with E-state index >= 15 is 0 Å². The van der Waals surface area contributed by atoms with Gasteiger partial charge in [0.05, 0.1) is 12.3 Å². The second kappa shape index (κ2) is 4.33. The van der Waals surface area contributed by atoms with Crippen LogP contribution < -0.4 is 5.73 Å². The summed E-state index contributed by atoms with van der Waals surface area (Å²) < 4.78 is 7.70. The van der Waals surface area contributed by atoms with E-state index in [1.165, 1.54) is 11.3 Å². The maximum Gasteiger partial charge on any atom is 0.0784 e. The molecule has 15 heavy (non-hydrogen) atoms. The molecule has 1 aliphatic rings. The summed E-state index contributed by atoms with van der Waals surface area (Å²) in [5, 5.41) is 4.35. The van der Waals surface area contributed by atoms with Crippen molar-refractivity contribution in [3.8, 4) is 0 Å². The van der Waals surface area contributed by atoms with Gasteiger partial charge in [-0.15, -0.1) is 0 Å². The van der Waals surface area contributed by atoms with Gasteiger partial charge in [-0.3, -0.25) is 4.68 Å². The highest BCUT2D eigenvalue weighted by molar-refractivity contribution is 5.24. The lowest BCUT2D eigenvalue weighted by Gasteiger charge is -2.28. The minimum Gasteiger partial charge on any atom is -0.376 e. The molecule has 2 N–H and O–H groups in total. The monoisotopic (exact) mass is 209 g/mol. The Morgan fingerprint density at radius 1 is 1.53 bits per heavy atom. The Labute approximate surface area is 90.4 Å². The first-order valence-corrected chi connectivity index (χ1v) is 5.67. The van der Waals surface area contributed by atoms with Crippen LogP contribution in [0.2, 0.25) is 0 Å². The van der Waals surface area contributed by atoms with Gasteiger partial charge in [-0.25, -0.2) is 0 Å². The zero-order valence-electron chi connectivity index (χ0n) is 9.44. The molecule has 4 nitrogen and oxygen atoms in total. The molecule has 1 heterocycles. The average Bonchev–Trinajstić information content (AvgIpc) is 2.61. The molecule has 0 fully saturated rings. The highest BCUT2D eigenvalue weighted by Crippen LogP contribution is 2.22. The molecule has 4 heteroatoms. The number of rotatable bonds is 3. The molecule has 2 rings (SSSR count). The van der Waals surface area contributed by atoms with E-state index in [1.807, 2.05) is 17.8 Å². The lowest BCUT2D eigenvalue weighted by molar-refractivity contribution is 0.0387. The van der Waals surface area contributed by atoms with E-state index in [1.54, 1.807) is 0 Å². The van der Waals surface area contributed by atoms with Crippen LogP contribution in [0.3, 0.4) is 0 Å². The van der Waals surface area contributed by atoms with Crippen LogP contribution in [-0.4, -0.2) is 28.5 Å². The Morgan fingerprint density at radius 2 is 2.33 bits per heavy atom. The Hall–Kier alpha value is -0.870. The molecule has 0 bridgehead atoms. The first-order chi connectivity index (χ1) is 7.26. The molecular weight excluding hydrogens is 190 g/mol. The molecule has 0 saturated heterocycles. The van der Waals surface area contributed by atoms with E-state index in [4.69, 9.17) is 10.5 Å². The van der Waals surface area contributed by atoms with Crippen molar-refractivity contribution in [1.29, 1.82) is 0 Å². The van der Waals surface area contributed by atoms with Gasteiger partial charge in [-0.1, -0.05) is 0 Å². The summed E-state index contributed by atoms with van der Waals surface area (Å²) in [6.07, 6.45) is 3.89. The van der Waals surface area contributed by atoms with E-state index in [0.29, 0.717) is 0 Å². The molecule has 1 aromatic heterocycles. The Balaban J connectivity index is 2.21. The van der Waals surface area contributed by atoms with Crippen molar-refractivity contribution in [3.63, 3.8) is 0 Å². The first kappa shape index (κ1) is 10.6. The summed E-state index contributed by atoms with van der Waals surface area (Å²) in [7, 11) is 0. The molecule has 0 saturated carbocycles. The normalized spacial score (nSPS) is 25.3. The second-order valence-electron chi connectivity index (χ2n) is 4.00. The fraction of sp³-hybridized carbons (Fsp3) is 0.727. The van der Waals surface area contributed by atoms with Crippen molar-refractivity contribution >= 4 is 0 Å². The van der Waals surface area contributed by atoms with Gasteiger partial charge >= 0.3 is 0 Å². The number of ether oxygens (including phenoxy) is 1. The van der Waals surface area contributed by atoms with Crippen LogP contribution in [0.5, 0.6) is 0 Å².